The number of carboxylic acid groups (broad SMARTS) is 1. The molecule has 3 N–H and O–H groups in total. The Bertz CT molecular complexity index is 392. The second-order valence-corrected chi connectivity index (χ2v) is 5.69. The minimum absolute atomic E-state index is 0.0629. The van der Waals surface area contributed by atoms with E-state index >= 15 is 0 Å². The first-order valence-corrected chi connectivity index (χ1v) is 6.77. The Labute approximate surface area is 111 Å². The Balaban J connectivity index is 1.80. The number of carbonyl (C=O) groups excluding carboxylic acids is 2. The van der Waals surface area contributed by atoms with Crippen molar-refractivity contribution in [1.29, 1.82) is 0 Å². The van der Waals surface area contributed by atoms with Crippen molar-refractivity contribution in [2.24, 2.45) is 17.8 Å². The zero-order valence-corrected chi connectivity index (χ0v) is 11.0. The van der Waals surface area contributed by atoms with Gasteiger partial charge in [0, 0.05) is 6.04 Å². The molecule has 19 heavy (non-hydrogen) atoms. The highest BCUT2D eigenvalue weighted by atomic mass is 16.4. The van der Waals surface area contributed by atoms with E-state index in [9.17, 15) is 14.4 Å². The molecule has 0 aliphatic heterocycles. The van der Waals surface area contributed by atoms with Gasteiger partial charge in [0.1, 0.15) is 0 Å². The molecule has 0 aromatic rings. The van der Waals surface area contributed by atoms with Crippen molar-refractivity contribution in [2.45, 2.75) is 38.6 Å². The monoisotopic (exact) mass is 268 g/mol. The van der Waals surface area contributed by atoms with Crippen LogP contribution in [-0.2, 0) is 14.4 Å². The van der Waals surface area contributed by atoms with Crippen LogP contribution in [0.2, 0.25) is 0 Å². The van der Waals surface area contributed by atoms with E-state index in [1.165, 1.54) is 0 Å². The summed E-state index contributed by atoms with van der Waals surface area (Å²) in [6, 6.07) is 0.266. The van der Waals surface area contributed by atoms with Crippen LogP contribution in [0.4, 0.5) is 0 Å². The van der Waals surface area contributed by atoms with E-state index in [-0.39, 0.29) is 30.3 Å². The fraction of sp³-hybridized carbons (Fsp3) is 0.769. The fourth-order valence-corrected chi connectivity index (χ4v) is 2.66. The van der Waals surface area contributed by atoms with Crippen LogP contribution in [0, 0.1) is 17.8 Å². The summed E-state index contributed by atoms with van der Waals surface area (Å²) < 4.78 is 0. The Kier molecular flexibility index (Phi) is 4.07. The maximum atomic E-state index is 12.0. The number of aliphatic carboxylic acids is 1. The van der Waals surface area contributed by atoms with Gasteiger partial charge in [-0.25, -0.2) is 0 Å². The minimum Gasteiger partial charge on any atom is -0.481 e. The van der Waals surface area contributed by atoms with Crippen LogP contribution in [0.15, 0.2) is 0 Å². The van der Waals surface area contributed by atoms with E-state index in [2.05, 4.69) is 10.6 Å². The van der Waals surface area contributed by atoms with E-state index in [1.54, 1.807) is 0 Å². The smallest absolute Gasteiger partial charge is 0.307 e. The third kappa shape index (κ3) is 3.68. The number of hydrogen-bond acceptors (Lipinski definition) is 3. The maximum absolute atomic E-state index is 12.0. The molecule has 0 spiro atoms. The standard InChI is InChI=1S/C13H20N2O4/c1-7-4-9(10(5-7)13(18)19)12(17)14-6-11(16)15-8-2-3-8/h7-10H,2-6H2,1H3,(H,14,17)(H,15,16)(H,18,19)/t7?,9-,10+/m0/s1. The maximum Gasteiger partial charge on any atom is 0.307 e. The molecule has 0 aromatic carbocycles. The number of hydrogen-bond donors (Lipinski definition) is 3. The zero-order chi connectivity index (χ0) is 14.0. The van der Waals surface area contributed by atoms with E-state index in [0.29, 0.717) is 12.8 Å². The lowest BCUT2D eigenvalue weighted by molar-refractivity contribution is -0.146. The van der Waals surface area contributed by atoms with Crippen molar-refractivity contribution in [3.63, 3.8) is 0 Å². The van der Waals surface area contributed by atoms with Crippen LogP contribution in [0.3, 0.4) is 0 Å². The number of amides is 2. The molecular formula is C13H20N2O4. The van der Waals surface area contributed by atoms with Gasteiger partial charge in [0.15, 0.2) is 0 Å². The van der Waals surface area contributed by atoms with Crippen molar-refractivity contribution < 1.29 is 19.5 Å². The average molecular weight is 268 g/mol. The van der Waals surface area contributed by atoms with Crippen molar-refractivity contribution in [2.75, 3.05) is 6.54 Å². The van der Waals surface area contributed by atoms with E-state index in [0.717, 1.165) is 12.8 Å². The lowest BCUT2D eigenvalue weighted by Crippen LogP contribution is -2.41. The molecule has 1 unspecified atom stereocenters. The van der Waals surface area contributed by atoms with Gasteiger partial charge < -0.3 is 15.7 Å². The van der Waals surface area contributed by atoms with E-state index in [1.807, 2.05) is 6.92 Å². The molecule has 3 atom stereocenters. The largest absolute Gasteiger partial charge is 0.481 e. The van der Waals surface area contributed by atoms with Crippen LogP contribution in [0.25, 0.3) is 0 Å². The second kappa shape index (κ2) is 5.59. The summed E-state index contributed by atoms with van der Waals surface area (Å²) in [6.07, 6.45) is 3.11. The number of carboxylic acids is 1. The first kappa shape index (κ1) is 13.8. The molecule has 2 saturated carbocycles. The molecule has 6 heteroatoms. The average Bonchev–Trinajstić information content (AvgIpc) is 3.05. The summed E-state index contributed by atoms with van der Waals surface area (Å²) in [5.41, 5.74) is 0. The van der Waals surface area contributed by atoms with Crippen molar-refractivity contribution in [3.8, 4) is 0 Å². The Hall–Kier alpha value is -1.59. The fourth-order valence-electron chi connectivity index (χ4n) is 2.66. The minimum atomic E-state index is -0.924. The molecule has 0 heterocycles. The highest BCUT2D eigenvalue weighted by Gasteiger charge is 2.41. The summed E-state index contributed by atoms with van der Waals surface area (Å²) in [6.45, 7) is 1.88. The van der Waals surface area contributed by atoms with Crippen LogP contribution in [0.5, 0.6) is 0 Å². The number of carbonyl (C=O) groups is 3. The van der Waals surface area contributed by atoms with Crippen LogP contribution in [-0.4, -0.2) is 35.5 Å². The van der Waals surface area contributed by atoms with Gasteiger partial charge in [-0.2, -0.15) is 0 Å². The quantitative estimate of drug-likeness (QED) is 0.660. The van der Waals surface area contributed by atoms with E-state index < -0.39 is 17.8 Å². The second-order valence-electron chi connectivity index (χ2n) is 5.69. The highest BCUT2D eigenvalue weighted by molar-refractivity contribution is 5.89. The molecule has 6 nitrogen and oxygen atoms in total. The molecule has 0 radical (unpaired) electrons. The van der Waals surface area contributed by atoms with E-state index in [4.69, 9.17) is 5.11 Å². The zero-order valence-electron chi connectivity index (χ0n) is 11.0. The Morgan fingerprint density at radius 2 is 1.79 bits per heavy atom. The summed E-state index contributed by atoms with van der Waals surface area (Å²) in [4.78, 5) is 34.5. The van der Waals surface area contributed by atoms with Gasteiger partial charge in [0.2, 0.25) is 11.8 Å². The first-order chi connectivity index (χ1) is 8.97. The van der Waals surface area contributed by atoms with Crippen LogP contribution in [0.1, 0.15) is 32.6 Å². The Morgan fingerprint density at radius 1 is 1.16 bits per heavy atom. The van der Waals surface area contributed by atoms with Crippen molar-refractivity contribution >= 4 is 17.8 Å². The molecular weight excluding hydrogens is 248 g/mol. The lowest BCUT2D eigenvalue weighted by atomic mass is 9.95. The molecule has 0 bridgehead atoms. The molecule has 0 aromatic heterocycles. The molecule has 2 rings (SSSR count). The summed E-state index contributed by atoms with van der Waals surface area (Å²) in [7, 11) is 0. The molecule has 0 saturated heterocycles. The van der Waals surface area contributed by atoms with Gasteiger partial charge in [-0.15, -0.1) is 0 Å². The van der Waals surface area contributed by atoms with Gasteiger partial charge in [-0.05, 0) is 31.6 Å². The van der Waals surface area contributed by atoms with Gasteiger partial charge >= 0.3 is 5.97 Å². The predicted molar refractivity (Wildman–Crippen MR) is 67.2 cm³/mol. The number of rotatable bonds is 5. The van der Waals surface area contributed by atoms with Crippen LogP contribution < -0.4 is 10.6 Å². The third-order valence-electron chi connectivity index (χ3n) is 3.82. The summed E-state index contributed by atoms with van der Waals surface area (Å²) in [5, 5.41) is 14.4. The van der Waals surface area contributed by atoms with Crippen molar-refractivity contribution in [1.82, 2.24) is 10.6 Å². The molecule has 2 fully saturated rings. The molecule has 2 amide bonds. The van der Waals surface area contributed by atoms with Crippen molar-refractivity contribution in [3.05, 3.63) is 0 Å². The van der Waals surface area contributed by atoms with Gasteiger partial charge in [0.25, 0.3) is 0 Å². The third-order valence-corrected chi connectivity index (χ3v) is 3.82. The Morgan fingerprint density at radius 3 is 2.37 bits per heavy atom. The van der Waals surface area contributed by atoms with Crippen LogP contribution >= 0.6 is 0 Å². The highest BCUT2D eigenvalue weighted by Crippen LogP contribution is 2.36. The lowest BCUT2D eigenvalue weighted by Gasteiger charge is -2.15. The molecule has 2 aliphatic carbocycles. The SMILES string of the molecule is CC1C[C@H](C(=O)NCC(=O)NC2CC2)[C@H](C(=O)O)C1. The summed E-state index contributed by atoms with van der Waals surface area (Å²) in [5.74, 6) is -2.34. The van der Waals surface area contributed by atoms with Gasteiger partial charge in [-0.1, -0.05) is 6.92 Å². The first-order valence-electron chi connectivity index (χ1n) is 6.77. The van der Waals surface area contributed by atoms with Gasteiger partial charge in [-0.3, -0.25) is 14.4 Å². The topological polar surface area (TPSA) is 95.5 Å². The summed E-state index contributed by atoms with van der Waals surface area (Å²) >= 11 is 0. The normalized spacial score (nSPS) is 29.8. The number of nitrogens with one attached hydrogen (secondary N) is 2. The molecule has 106 valence electrons. The van der Waals surface area contributed by atoms with Gasteiger partial charge in [0.05, 0.1) is 18.4 Å². The molecule has 2 aliphatic rings. The predicted octanol–water partition coefficient (Wildman–Crippen LogP) is 0.128.